The third kappa shape index (κ3) is 15.1. The van der Waals surface area contributed by atoms with Crippen LogP contribution in [0.15, 0.2) is 0 Å². The zero-order chi connectivity index (χ0) is 51.4. The zero-order valence-corrected chi connectivity index (χ0v) is 48.5. The largest absolute Gasteiger partial charge is 0.396 e. The first-order valence-corrected chi connectivity index (χ1v) is 26.0. The highest BCUT2D eigenvalue weighted by molar-refractivity contribution is 14.1. The standard InChI is InChI=1S/C38H50I6N6O17/c1-13(5-51)14(6-52)45-35(64)23-27(39)24(36(65)46-15(7-53)18(59)10-56)30(42)33(29(23)41)49(2)21(62)4-22(63)50(3)34-31(43)25(37(66)47-16(8-54)19(60)11-57)28(40)26(32(34)44)38(67)48-17(9-55)20(61)12-58/h13-20,51-61H,4-12H2,1-3H3,(H,45,64)(H,46,65)(H,47,66)(H,48,67). The summed E-state index contributed by atoms with van der Waals surface area (Å²) >= 11 is 10.3. The molecule has 2 aromatic carbocycles. The molecule has 0 bridgehead atoms. The number of amides is 6. The van der Waals surface area contributed by atoms with E-state index in [4.69, 9.17) is 0 Å². The molecule has 0 aliphatic carbocycles. The van der Waals surface area contributed by atoms with Crippen LogP contribution in [0.4, 0.5) is 11.4 Å². The molecule has 23 nitrogen and oxygen atoms in total. The van der Waals surface area contributed by atoms with Gasteiger partial charge in [0.15, 0.2) is 0 Å². The highest BCUT2D eigenvalue weighted by atomic mass is 127. The minimum Gasteiger partial charge on any atom is -0.396 e. The second-order valence-electron chi connectivity index (χ2n) is 14.6. The minimum atomic E-state index is -1.62. The van der Waals surface area contributed by atoms with Crippen molar-refractivity contribution in [3.63, 3.8) is 0 Å². The van der Waals surface area contributed by atoms with E-state index in [0.717, 1.165) is 9.80 Å². The number of carbonyl (C=O) groups excluding carboxylic acids is 6. The fraction of sp³-hybridized carbons (Fsp3) is 0.526. The maximum atomic E-state index is 14.3. The summed E-state index contributed by atoms with van der Waals surface area (Å²) in [7, 11) is 2.48. The van der Waals surface area contributed by atoms with Crippen molar-refractivity contribution in [2.75, 3.05) is 76.8 Å². The van der Waals surface area contributed by atoms with Crippen LogP contribution in [0.5, 0.6) is 0 Å². The molecular formula is C38H50I6N6O17. The third-order valence-electron chi connectivity index (χ3n) is 10.2. The van der Waals surface area contributed by atoms with Crippen molar-refractivity contribution in [3.8, 4) is 0 Å². The van der Waals surface area contributed by atoms with Crippen molar-refractivity contribution >= 4 is 182 Å². The van der Waals surface area contributed by atoms with Crippen LogP contribution in [0.3, 0.4) is 0 Å². The molecule has 0 spiro atoms. The number of nitrogens with zero attached hydrogens (tertiary/aromatic N) is 2. The second kappa shape index (κ2) is 29.0. The van der Waals surface area contributed by atoms with Crippen molar-refractivity contribution in [3.05, 3.63) is 43.7 Å². The van der Waals surface area contributed by atoms with Crippen LogP contribution in [0, 0.1) is 27.3 Å². The molecule has 2 rings (SSSR count). The Morgan fingerprint density at radius 1 is 0.418 bits per heavy atom. The number of carbonyl (C=O) groups is 6. The van der Waals surface area contributed by atoms with E-state index in [1.165, 1.54) is 14.1 Å². The van der Waals surface area contributed by atoms with Gasteiger partial charge in [-0.15, -0.1) is 0 Å². The van der Waals surface area contributed by atoms with Gasteiger partial charge >= 0.3 is 0 Å². The number of nitrogens with one attached hydrogen (secondary N) is 4. The highest BCUT2D eigenvalue weighted by Gasteiger charge is 2.37. The Bertz CT molecular complexity index is 1880. The predicted molar refractivity (Wildman–Crippen MR) is 290 cm³/mol. The molecule has 8 atom stereocenters. The van der Waals surface area contributed by atoms with Gasteiger partial charge in [-0.05, 0) is 136 Å². The maximum absolute atomic E-state index is 14.3. The highest BCUT2D eigenvalue weighted by Crippen LogP contribution is 2.40. The molecule has 8 unspecified atom stereocenters. The molecule has 0 fully saturated rings. The van der Waals surface area contributed by atoms with Gasteiger partial charge < -0.3 is 87.2 Å². The average Bonchev–Trinajstić information content (AvgIpc) is 3.29. The van der Waals surface area contributed by atoms with E-state index < -0.39 is 143 Å². The number of rotatable bonds is 24. The molecular weight excluding hydrogens is 1570 g/mol. The molecule has 6 amide bonds. The summed E-state index contributed by atoms with van der Waals surface area (Å²) in [5, 5.41) is 118. The topological polar surface area (TPSA) is 380 Å². The first-order chi connectivity index (χ1) is 31.4. The van der Waals surface area contributed by atoms with Gasteiger partial charge in [0.25, 0.3) is 23.6 Å². The molecule has 2 aromatic rings. The van der Waals surface area contributed by atoms with Crippen molar-refractivity contribution in [2.45, 2.75) is 55.8 Å². The van der Waals surface area contributed by atoms with Crippen LogP contribution in [-0.2, 0) is 9.59 Å². The predicted octanol–water partition coefficient (Wildman–Crippen LogP) is -2.62. The van der Waals surface area contributed by atoms with Crippen molar-refractivity contribution in [2.24, 2.45) is 5.92 Å². The van der Waals surface area contributed by atoms with Gasteiger partial charge in [-0.3, -0.25) is 28.8 Å². The lowest BCUT2D eigenvalue weighted by atomic mass is 10.0. The fourth-order valence-electron chi connectivity index (χ4n) is 5.93. The zero-order valence-electron chi connectivity index (χ0n) is 35.5. The number of halogens is 6. The van der Waals surface area contributed by atoms with Crippen molar-refractivity contribution in [1.29, 1.82) is 0 Å². The first kappa shape index (κ1) is 62.3. The fourth-order valence-corrected chi connectivity index (χ4v) is 15.7. The van der Waals surface area contributed by atoms with E-state index in [1.54, 1.807) is 142 Å². The van der Waals surface area contributed by atoms with Gasteiger partial charge in [0, 0.05) is 33.8 Å². The SMILES string of the molecule is CC(CO)C(CO)NC(=O)c1c(I)c(C(=O)NC(CO)C(O)CO)c(I)c(N(C)C(=O)CC(=O)N(C)c2c(I)c(C(=O)NC(CO)C(O)CO)c(I)c(C(=O)NC(CO)C(O)CO)c2I)c1I. The number of aliphatic hydroxyl groups excluding tert-OH is 11. The number of hydrogen-bond acceptors (Lipinski definition) is 17. The Hall–Kier alpha value is -0.800. The van der Waals surface area contributed by atoms with Gasteiger partial charge in [0.05, 0.1) is 137 Å². The summed E-state index contributed by atoms with van der Waals surface area (Å²) in [6, 6.07) is -5.14. The number of aliphatic hydroxyl groups is 11. The summed E-state index contributed by atoms with van der Waals surface area (Å²) in [5.74, 6) is -6.21. The lowest BCUT2D eigenvalue weighted by Gasteiger charge is -2.29. The molecule has 67 heavy (non-hydrogen) atoms. The molecule has 0 radical (unpaired) electrons. The monoisotopic (exact) mass is 1620 g/mol. The van der Waals surface area contributed by atoms with Gasteiger partial charge in [-0.2, -0.15) is 0 Å². The summed E-state index contributed by atoms with van der Waals surface area (Å²) in [6.45, 7) is -4.42. The molecule has 0 aromatic heterocycles. The van der Waals surface area contributed by atoms with E-state index in [-0.39, 0.29) is 55.0 Å². The lowest BCUT2D eigenvalue weighted by Crippen LogP contribution is -2.49. The molecule has 29 heteroatoms. The van der Waals surface area contributed by atoms with Crippen molar-refractivity contribution in [1.82, 2.24) is 21.3 Å². The Balaban J connectivity index is 2.86. The molecule has 0 saturated carbocycles. The van der Waals surface area contributed by atoms with E-state index in [2.05, 4.69) is 21.3 Å². The van der Waals surface area contributed by atoms with Crippen LogP contribution in [0.25, 0.3) is 0 Å². The first-order valence-electron chi connectivity index (χ1n) is 19.5. The summed E-state index contributed by atoms with van der Waals surface area (Å²) < 4.78 is 0.190. The Morgan fingerprint density at radius 2 is 0.657 bits per heavy atom. The van der Waals surface area contributed by atoms with E-state index in [9.17, 15) is 84.9 Å². The maximum Gasteiger partial charge on any atom is 0.253 e. The van der Waals surface area contributed by atoms with Crippen LogP contribution in [0.1, 0.15) is 54.8 Å². The molecule has 0 saturated heterocycles. The quantitative estimate of drug-likeness (QED) is 0.0378. The summed E-state index contributed by atoms with van der Waals surface area (Å²) in [4.78, 5) is 86.2. The third-order valence-corrected chi connectivity index (χ3v) is 16.6. The summed E-state index contributed by atoms with van der Waals surface area (Å²) in [5.41, 5.74) is -1.06. The smallest absolute Gasteiger partial charge is 0.253 e. The van der Waals surface area contributed by atoms with Gasteiger partial charge in [-0.25, -0.2) is 0 Å². The average molecular weight is 1620 g/mol. The Labute approximate surface area is 465 Å². The molecule has 15 N–H and O–H groups in total. The van der Waals surface area contributed by atoms with Gasteiger partial charge in [0.1, 0.15) is 6.42 Å². The second-order valence-corrected chi connectivity index (χ2v) is 21.1. The van der Waals surface area contributed by atoms with E-state index in [0.29, 0.717) is 0 Å². The summed E-state index contributed by atoms with van der Waals surface area (Å²) in [6.07, 6.45) is -5.77. The number of benzene rings is 2. The van der Waals surface area contributed by atoms with Crippen LogP contribution in [0.2, 0.25) is 0 Å². The van der Waals surface area contributed by atoms with E-state index >= 15 is 0 Å². The normalized spacial score (nSPS) is 15.0. The molecule has 376 valence electrons. The lowest BCUT2D eigenvalue weighted by molar-refractivity contribution is -0.126. The minimum absolute atomic E-state index is 0.0265. The van der Waals surface area contributed by atoms with Gasteiger partial charge in [-0.1, -0.05) is 6.92 Å². The van der Waals surface area contributed by atoms with Crippen molar-refractivity contribution < 1.29 is 84.9 Å². The van der Waals surface area contributed by atoms with Crippen LogP contribution >= 0.6 is 136 Å². The van der Waals surface area contributed by atoms with Crippen LogP contribution < -0.4 is 31.1 Å². The van der Waals surface area contributed by atoms with Crippen LogP contribution in [-0.4, -0.2) is 201 Å². The molecule has 0 aliphatic rings. The molecule has 0 aliphatic heterocycles. The van der Waals surface area contributed by atoms with E-state index in [1.807, 2.05) is 0 Å². The van der Waals surface area contributed by atoms with Gasteiger partial charge in [0.2, 0.25) is 11.8 Å². The Kier molecular flexibility index (Phi) is 27.0. The molecule has 0 heterocycles. The Morgan fingerprint density at radius 3 is 0.866 bits per heavy atom. The number of anilines is 2. The number of hydrogen-bond donors (Lipinski definition) is 15.